The van der Waals surface area contributed by atoms with Crippen LogP contribution in [0.15, 0.2) is 12.4 Å². The third-order valence-corrected chi connectivity index (χ3v) is 11.1. The van der Waals surface area contributed by atoms with E-state index in [1.54, 1.807) is 12.4 Å². The van der Waals surface area contributed by atoms with E-state index in [4.69, 9.17) is 27.6 Å². The van der Waals surface area contributed by atoms with Gasteiger partial charge in [0.25, 0.3) is 0 Å². The fraction of sp³-hybridized carbons (Fsp3) is 0.737. The van der Waals surface area contributed by atoms with Crippen molar-refractivity contribution in [3.8, 4) is 0 Å². The average molecular weight is 419 g/mol. The number of pyridine rings is 1. The van der Waals surface area contributed by atoms with Crippen LogP contribution in [-0.4, -0.2) is 37.1 Å². The molecule has 0 bridgehead atoms. The summed E-state index contributed by atoms with van der Waals surface area (Å²) in [4.78, 5) is 4.07. The summed E-state index contributed by atoms with van der Waals surface area (Å²) in [7, 11) is -1.85. The number of hydrogen-bond acceptors (Lipinski definition) is 4. The minimum Gasteiger partial charge on any atom is -0.409 e. The second-order valence-electron chi connectivity index (χ2n) is 7.43. The minimum absolute atomic E-state index is 0.227. The molecule has 148 valence electrons. The molecule has 0 amide bonds. The molecule has 2 rings (SSSR count). The van der Waals surface area contributed by atoms with E-state index in [-0.39, 0.29) is 6.10 Å². The molecule has 1 aromatic rings. The van der Waals surface area contributed by atoms with Gasteiger partial charge in [0.05, 0.1) is 21.8 Å². The molecule has 0 spiro atoms. The van der Waals surface area contributed by atoms with Gasteiger partial charge in [-0.25, -0.2) is 0 Å². The zero-order chi connectivity index (χ0) is 19.2. The summed E-state index contributed by atoms with van der Waals surface area (Å²) in [5.41, 5.74) is 0.215. The Balaban J connectivity index is 2.18. The molecule has 7 heteroatoms. The van der Waals surface area contributed by atoms with Gasteiger partial charge < -0.3 is 14.8 Å². The number of hydrogen-bond donors (Lipinski definition) is 2. The summed E-state index contributed by atoms with van der Waals surface area (Å²) in [6, 6.07) is 3.17. The Labute approximate surface area is 168 Å². The predicted octanol–water partition coefficient (Wildman–Crippen LogP) is 5.35. The lowest BCUT2D eigenvalue weighted by Crippen LogP contribution is -2.43. The molecule has 26 heavy (non-hydrogen) atoms. The summed E-state index contributed by atoms with van der Waals surface area (Å²) in [5.74, 6) is 0. The average Bonchev–Trinajstić information content (AvgIpc) is 3.06. The number of halogens is 2. The van der Waals surface area contributed by atoms with E-state index in [2.05, 4.69) is 31.1 Å². The van der Waals surface area contributed by atoms with Crippen molar-refractivity contribution in [2.24, 2.45) is 0 Å². The molecular formula is C19H32Cl2N2O2Si. The van der Waals surface area contributed by atoms with Crippen LogP contribution in [0, 0.1) is 0 Å². The van der Waals surface area contributed by atoms with Crippen LogP contribution in [-0.2, 0) is 4.43 Å². The predicted molar refractivity (Wildman–Crippen MR) is 112 cm³/mol. The van der Waals surface area contributed by atoms with Gasteiger partial charge in [-0.15, -0.1) is 0 Å². The Hall–Kier alpha value is -0.173. The highest BCUT2D eigenvalue weighted by Gasteiger charge is 2.35. The van der Waals surface area contributed by atoms with Crippen LogP contribution >= 0.6 is 23.2 Å². The standard InChI is InChI=1S/C19H32Cl2N2O2Si/c1-4-26(5-2,6-3)25-17(18-15(20)11-22-12-16(18)21)13-23-14-19(24)9-7-8-10-19/h11-12,17,23-24H,4-10,13-14H2,1-3H3. The second-order valence-corrected chi connectivity index (χ2v) is 13.0. The zero-order valence-corrected chi connectivity index (χ0v) is 18.7. The first-order valence-corrected chi connectivity index (χ1v) is 13.1. The van der Waals surface area contributed by atoms with Crippen molar-refractivity contribution in [2.75, 3.05) is 13.1 Å². The normalized spacial score (nSPS) is 18.2. The fourth-order valence-electron chi connectivity index (χ4n) is 3.88. The number of nitrogens with zero attached hydrogens (tertiary/aromatic N) is 1. The number of nitrogens with one attached hydrogen (secondary N) is 1. The lowest BCUT2D eigenvalue weighted by molar-refractivity contribution is 0.0444. The third-order valence-electron chi connectivity index (χ3n) is 5.86. The Bertz CT molecular complexity index is 550. The van der Waals surface area contributed by atoms with E-state index in [9.17, 15) is 5.11 Å². The fourth-order valence-corrected chi connectivity index (χ4v) is 7.29. The van der Waals surface area contributed by atoms with Crippen LogP contribution in [0.5, 0.6) is 0 Å². The van der Waals surface area contributed by atoms with Crippen molar-refractivity contribution in [3.63, 3.8) is 0 Å². The SMILES string of the molecule is CC[Si](CC)(CC)OC(CNCC1(O)CCCC1)c1c(Cl)cncc1Cl. The topological polar surface area (TPSA) is 54.4 Å². The van der Waals surface area contributed by atoms with Crippen LogP contribution in [0.25, 0.3) is 0 Å². The van der Waals surface area contributed by atoms with E-state index in [1.165, 1.54) is 0 Å². The van der Waals surface area contributed by atoms with E-state index >= 15 is 0 Å². The van der Waals surface area contributed by atoms with Gasteiger partial charge in [-0.1, -0.05) is 56.8 Å². The zero-order valence-electron chi connectivity index (χ0n) is 16.2. The summed E-state index contributed by atoms with van der Waals surface area (Å²) in [5, 5.41) is 15.1. The van der Waals surface area contributed by atoms with Gasteiger partial charge in [-0.05, 0) is 31.0 Å². The minimum atomic E-state index is -1.85. The monoisotopic (exact) mass is 418 g/mol. The van der Waals surface area contributed by atoms with Crippen LogP contribution in [0.4, 0.5) is 0 Å². The van der Waals surface area contributed by atoms with Gasteiger partial charge in [0.1, 0.15) is 0 Å². The maximum atomic E-state index is 10.6. The molecule has 1 heterocycles. The van der Waals surface area contributed by atoms with Crippen molar-refractivity contribution in [2.45, 2.75) is 76.3 Å². The molecule has 1 fully saturated rings. The molecular weight excluding hydrogens is 387 g/mol. The first kappa shape index (κ1) is 22.1. The van der Waals surface area contributed by atoms with Crippen LogP contribution in [0.2, 0.25) is 28.2 Å². The van der Waals surface area contributed by atoms with Crippen LogP contribution in [0.1, 0.15) is 58.1 Å². The van der Waals surface area contributed by atoms with E-state index in [0.29, 0.717) is 23.1 Å². The van der Waals surface area contributed by atoms with Crippen molar-refractivity contribution < 1.29 is 9.53 Å². The lowest BCUT2D eigenvalue weighted by atomic mass is 10.0. The van der Waals surface area contributed by atoms with Crippen LogP contribution < -0.4 is 5.32 Å². The first-order valence-electron chi connectivity index (χ1n) is 9.78. The smallest absolute Gasteiger partial charge is 0.192 e. The molecule has 0 aromatic carbocycles. The maximum Gasteiger partial charge on any atom is 0.192 e. The quantitative estimate of drug-likeness (QED) is 0.502. The van der Waals surface area contributed by atoms with E-state index < -0.39 is 13.9 Å². The highest BCUT2D eigenvalue weighted by Crippen LogP contribution is 2.36. The Morgan fingerprint density at radius 3 is 2.19 bits per heavy atom. The van der Waals surface area contributed by atoms with Crippen molar-refractivity contribution in [1.29, 1.82) is 0 Å². The molecule has 2 N–H and O–H groups in total. The first-order chi connectivity index (χ1) is 12.4. The summed E-state index contributed by atoms with van der Waals surface area (Å²) in [6.45, 7) is 7.79. The van der Waals surface area contributed by atoms with Gasteiger partial charge >= 0.3 is 0 Å². The molecule has 0 aliphatic heterocycles. The number of aromatic nitrogens is 1. The highest BCUT2D eigenvalue weighted by molar-refractivity contribution is 6.73. The van der Waals surface area contributed by atoms with Gasteiger partial charge in [0.15, 0.2) is 8.32 Å². The molecule has 1 aromatic heterocycles. The van der Waals surface area contributed by atoms with E-state index in [0.717, 1.165) is 49.4 Å². The van der Waals surface area contributed by atoms with Gasteiger partial charge in [0, 0.05) is 31.0 Å². The second kappa shape index (κ2) is 9.85. The molecule has 0 radical (unpaired) electrons. The molecule has 4 nitrogen and oxygen atoms in total. The Morgan fingerprint density at radius 2 is 1.69 bits per heavy atom. The lowest BCUT2D eigenvalue weighted by Gasteiger charge is -2.35. The molecule has 1 unspecified atom stereocenters. The largest absolute Gasteiger partial charge is 0.409 e. The maximum absolute atomic E-state index is 10.6. The van der Waals surface area contributed by atoms with Crippen molar-refractivity contribution in [3.05, 3.63) is 28.0 Å². The number of aliphatic hydroxyl groups is 1. The van der Waals surface area contributed by atoms with Crippen molar-refractivity contribution >= 4 is 31.5 Å². The summed E-state index contributed by atoms with van der Waals surface area (Å²) >= 11 is 12.9. The molecule has 0 saturated heterocycles. The van der Waals surface area contributed by atoms with Crippen molar-refractivity contribution in [1.82, 2.24) is 10.3 Å². The van der Waals surface area contributed by atoms with E-state index in [1.807, 2.05) is 0 Å². The molecule has 1 saturated carbocycles. The molecule has 1 aliphatic carbocycles. The Kier molecular flexibility index (Phi) is 8.38. The Morgan fingerprint density at radius 1 is 1.15 bits per heavy atom. The highest BCUT2D eigenvalue weighted by atomic mass is 35.5. The third kappa shape index (κ3) is 5.43. The number of rotatable bonds is 10. The van der Waals surface area contributed by atoms with Crippen LogP contribution in [0.3, 0.4) is 0 Å². The molecule has 1 aliphatic rings. The summed E-state index contributed by atoms with van der Waals surface area (Å²) in [6.07, 6.45) is 6.93. The summed E-state index contributed by atoms with van der Waals surface area (Å²) < 4.78 is 6.73. The van der Waals surface area contributed by atoms with Gasteiger partial charge in [0.2, 0.25) is 0 Å². The van der Waals surface area contributed by atoms with Gasteiger partial charge in [-0.3, -0.25) is 4.98 Å². The molecule has 1 atom stereocenters. The van der Waals surface area contributed by atoms with Gasteiger partial charge in [-0.2, -0.15) is 0 Å².